The predicted molar refractivity (Wildman–Crippen MR) is 47.1 cm³/mol. The van der Waals surface area contributed by atoms with Gasteiger partial charge in [-0.25, -0.2) is 4.79 Å². The van der Waals surface area contributed by atoms with Crippen LogP contribution in [0.3, 0.4) is 0 Å². The fourth-order valence-corrected chi connectivity index (χ4v) is 1.61. The van der Waals surface area contributed by atoms with Gasteiger partial charge in [0.05, 0.1) is 0 Å². The van der Waals surface area contributed by atoms with Crippen LogP contribution in [0.15, 0.2) is 0 Å². The van der Waals surface area contributed by atoms with Crippen LogP contribution in [0.1, 0.15) is 33.1 Å². The van der Waals surface area contributed by atoms with E-state index in [1.807, 2.05) is 6.92 Å². The van der Waals surface area contributed by atoms with E-state index in [1.54, 1.807) is 6.92 Å². The van der Waals surface area contributed by atoms with Crippen molar-refractivity contribution in [1.82, 2.24) is 10.2 Å². The average Bonchev–Trinajstić information content (AvgIpc) is 2.85. The molecule has 13 heavy (non-hydrogen) atoms. The van der Waals surface area contributed by atoms with Crippen LogP contribution in [-0.4, -0.2) is 28.4 Å². The Morgan fingerprint density at radius 2 is 2.15 bits per heavy atom. The van der Waals surface area contributed by atoms with Crippen LogP contribution in [0.5, 0.6) is 0 Å². The normalized spacial score (nSPS) is 33.8. The zero-order valence-electron chi connectivity index (χ0n) is 7.96. The molecule has 1 unspecified atom stereocenters. The molecule has 0 spiro atoms. The average molecular weight is 182 g/mol. The third-order valence-corrected chi connectivity index (χ3v) is 2.91. The van der Waals surface area contributed by atoms with Gasteiger partial charge in [-0.2, -0.15) is 0 Å². The van der Waals surface area contributed by atoms with Crippen molar-refractivity contribution in [1.29, 1.82) is 0 Å². The summed E-state index contributed by atoms with van der Waals surface area (Å²) in [6.45, 7) is 3.70. The first-order valence-corrected chi connectivity index (χ1v) is 4.74. The molecule has 0 radical (unpaired) electrons. The number of carbonyl (C=O) groups is 2. The third kappa shape index (κ3) is 1.12. The highest BCUT2D eigenvalue weighted by atomic mass is 16.2. The number of nitrogens with one attached hydrogen (secondary N) is 1. The van der Waals surface area contributed by atoms with E-state index >= 15 is 0 Å². The van der Waals surface area contributed by atoms with Crippen molar-refractivity contribution in [3.8, 4) is 0 Å². The van der Waals surface area contributed by atoms with E-state index in [4.69, 9.17) is 0 Å². The standard InChI is InChI=1S/C9H14N2O2/c1-3-9(2)7(12)11(6-4-5-6)8(13)10-9/h6H,3-5H2,1-2H3,(H,10,13). The summed E-state index contributed by atoms with van der Waals surface area (Å²) in [7, 11) is 0. The number of urea groups is 1. The summed E-state index contributed by atoms with van der Waals surface area (Å²) in [6.07, 6.45) is 2.60. The second-order valence-corrected chi connectivity index (χ2v) is 4.02. The van der Waals surface area contributed by atoms with Gasteiger partial charge in [0, 0.05) is 6.04 Å². The molecule has 1 saturated carbocycles. The number of imide groups is 1. The van der Waals surface area contributed by atoms with E-state index in [1.165, 1.54) is 4.90 Å². The molecular formula is C9H14N2O2. The summed E-state index contributed by atoms with van der Waals surface area (Å²) >= 11 is 0. The highest BCUT2D eigenvalue weighted by Crippen LogP contribution is 2.33. The van der Waals surface area contributed by atoms with Gasteiger partial charge >= 0.3 is 6.03 Å². The Kier molecular flexibility index (Phi) is 1.62. The molecule has 4 nitrogen and oxygen atoms in total. The lowest BCUT2D eigenvalue weighted by Gasteiger charge is -2.18. The molecule has 1 aliphatic carbocycles. The Morgan fingerprint density at radius 1 is 1.54 bits per heavy atom. The minimum absolute atomic E-state index is 0.0532. The zero-order chi connectivity index (χ0) is 9.64. The second kappa shape index (κ2) is 2.47. The molecule has 2 fully saturated rings. The maximum atomic E-state index is 11.8. The van der Waals surface area contributed by atoms with E-state index in [2.05, 4.69) is 5.32 Å². The third-order valence-electron chi connectivity index (χ3n) is 2.91. The quantitative estimate of drug-likeness (QED) is 0.644. The molecule has 1 N–H and O–H groups in total. The SMILES string of the molecule is CCC1(C)NC(=O)N(C2CC2)C1=O. The van der Waals surface area contributed by atoms with Gasteiger partial charge in [-0.1, -0.05) is 6.92 Å². The van der Waals surface area contributed by atoms with Gasteiger partial charge < -0.3 is 5.32 Å². The largest absolute Gasteiger partial charge is 0.325 e. The van der Waals surface area contributed by atoms with E-state index in [9.17, 15) is 9.59 Å². The van der Waals surface area contributed by atoms with Gasteiger partial charge in [0.15, 0.2) is 0 Å². The Hall–Kier alpha value is -1.06. The van der Waals surface area contributed by atoms with Crippen LogP contribution in [0.2, 0.25) is 0 Å². The first kappa shape index (κ1) is 8.53. The van der Waals surface area contributed by atoms with Gasteiger partial charge in [-0.05, 0) is 26.2 Å². The number of nitrogens with zero attached hydrogens (tertiary/aromatic N) is 1. The van der Waals surface area contributed by atoms with Gasteiger partial charge in [-0.15, -0.1) is 0 Å². The first-order chi connectivity index (χ1) is 6.08. The molecule has 72 valence electrons. The predicted octanol–water partition coefficient (Wildman–Crippen LogP) is 0.869. The van der Waals surface area contributed by atoms with Crippen molar-refractivity contribution in [3.05, 3.63) is 0 Å². The van der Waals surface area contributed by atoms with Gasteiger partial charge in [-0.3, -0.25) is 9.69 Å². The molecule has 0 bridgehead atoms. The summed E-state index contributed by atoms with van der Waals surface area (Å²) in [5.74, 6) is -0.0532. The van der Waals surface area contributed by atoms with Gasteiger partial charge in [0.2, 0.25) is 0 Å². The molecule has 3 amide bonds. The van der Waals surface area contributed by atoms with Gasteiger partial charge in [0.1, 0.15) is 5.54 Å². The number of carbonyl (C=O) groups excluding carboxylic acids is 2. The molecule has 2 aliphatic rings. The van der Waals surface area contributed by atoms with E-state index in [0.717, 1.165) is 12.8 Å². The molecule has 1 aliphatic heterocycles. The molecule has 4 heteroatoms. The molecule has 0 aromatic carbocycles. The lowest BCUT2D eigenvalue weighted by Crippen LogP contribution is -2.43. The highest BCUT2D eigenvalue weighted by Gasteiger charge is 2.51. The maximum absolute atomic E-state index is 11.8. The van der Waals surface area contributed by atoms with E-state index < -0.39 is 5.54 Å². The Balaban J connectivity index is 2.23. The summed E-state index contributed by atoms with van der Waals surface area (Å²) < 4.78 is 0. The van der Waals surface area contributed by atoms with Crippen LogP contribution in [0.25, 0.3) is 0 Å². The van der Waals surface area contributed by atoms with Crippen LogP contribution in [0, 0.1) is 0 Å². The molecular weight excluding hydrogens is 168 g/mol. The lowest BCUT2D eigenvalue weighted by atomic mass is 9.99. The fraction of sp³-hybridized carbons (Fsp3) is 0.778. The Bertz CT molecular complexity index is 273. The van der Waals surface area contributed by atoms with E-state index in [-0.39, 0.29) is 18.0 Å². The van der Waals surface area contributed by atoms with Crippen LogP contribution in [-0.2, 0) is 4.79 Å². The summed E-state index contributed by atoms with van der Waals surface area (Å²) in [4.78, 5) is 24.6. The Labute approximate surface area is 77.3 Å². The van der Waals surface area contributed by atoms with Crippen molar-refractivity contribution >= 4 is 11.9 Å². The highest BCUT2D eigenvalue weighted by molar-refractivity contribution is 6.07. The van der Waals surface area contributed by atoms with Crippen molar-refractivity contribution in [3.63, 3.8) is 0 Å². The summed E-state index contributed by atoms with van der Waals surface area (Å²) in [5, 5.41) is 2.74. The van der Waals surface area contributed by atoms with Crippen molar-refractivity contribution in [2.45, 2.75) is 44.7 Å². The first-order valence-electron chi connectivity index (χ1n) is 4.74. The summed E-state index contributed by atoms with van der Waals surface area (Å²) in [6, 6.07) is -0.0299. The van der Waals surface area contributed by atoms with Crippen LogP contribution in [0.4, 0.5) is 4.79 Å². The van der Waals surface area contributed by atoms with Crippen LogP contribution >= 0.6 is 0 Å². The molecule has 2 rings (SSSR count). The minimum Gasteiger partial charge on any atom is -0.323 e. The maximum Gasteiger partial charge on any atom is 0.325 e. The molecule has 1 atom stereocenters. The monoisotopic (exact) mass is 182 g/mol. The number of rotatable bonds is 2. The number of hydrogen-bond donors (Lipinski definition) is 1. The molecule has 0 aromatic heterocycles. The van der Waals surface area contributed by atoms with Gasteiger partial charge in [0.25, 0.3) is 5.91 Å². The zero-order valence-corrected chi connectivity index (χ0v) is 7.96. The van der Waals surface area contributed by atoms with Crippen molar-refractivity contribution < 1.29 is 9.59 Å². The van der Waals surface area contributed by atoms with Crippen LogP contribution < -0.4 is 5.32 Å². The second-order valence-electron chi connectivity index (χ2n) is 4.02. The molecule has 1 heterocycles. The minimum atomic E-state index is -0.653. The topological polar surface area (TPSA) is 49.4 Å². The molecule has 1 saturated heterocycles. The smallest absolute Gasteiger partial charge is 0.323 e. The molecule has 0 aromatic rings. The number of amides is 3. The van der Waals surface area contributed by atoms with Crippen molar-refractivity contribution in [2.24, 2.45) is 0 Å². The summed E-state index contributed by atoms with van der Waals surface area (Å²) in [5.41, 5.74) is -0.653. The number of hydrogen-bond acceptors (Lipinski definition) is 2. The van der Waals surface area contributed by atoms with E-state index in [0.29, 0.717) is 6.42 Å². The fourth-order valence-electron chi connectivity index (χ4n) is 1.61. The lowest BCUT2D eigenvalue weighted by molar-refractivity contribution is -0.131. The Morgan fingerprint density at radius 3 is 2.54 bits per heavy atom. The van der Waals surface area contributed by atoms with Crippen molar-refractivity contribution in [2.75, 3.05) is 0 Å².